The van der Waals surface area contributed by atoms with Crippen LogP contribution in [0.4, 0.5) is 14.5 Å². The van der Waals surface area contributed by atoms with Gasteiger partial charge in [0, 0.05) is 29.8 Å². The summed E-state index contributed by atoms with van der Waals surface area (Å²) in [5.74, 6) is -1.03. The van der Waals surface area contributed by atoms with E-state index in [2.05, 4.69) is 10.6 Å². The van der Waals surface area contributed by atoms with Crippen molar-refractivity contribution >= 4 is 24.0 Å². The van der Waals surface area contributed by atoms with E-state index >= 15 is 0 Å². The summed E-state index contributed by atoms with van der Waals surface area (Å²) in [6.45, 7) is 9.03. The molecule has 0 aliphatic carbocycles. The standard InChI is InChI=1S/C24H30F2N2O3.ClH/c1-5-30-14-24(3,4)21-19(25)12-16(13-20(21)26)28-23(29)22-18-8-7-17(31-6-2)11-15(18)9-10-27-22;/h7-8,11-13,22,27H,5-6,9-10,14H2,1-4H3,(H,28,29);1H/t22-;/m1./s1. The Balaban J connectivity index is 0.00000363. The highest BCUT2D eigenvalue weighted by Gasteiger charge is 2.30. The molecule has 1 amide bonds. The topological polar surface area (TPSA) is 59.6 Å². The summed E-state index contributed by atoms with van der Waals surface area (Å²) in [6, 6.07) is 7.33. The molecule has 0 spiro atoms. The zero-order valence-corrected chi connectivity index (χ0v) is 19.7. The summed E-state index contributed by atoms with van der Waals surface area (Å²) in [7, 11) is 0. The molecule has 0 radical (unpaired) electrons. The molecule has 176 valence electrons. The van der Waals surface area contributed by atoms with E-state index in [1.807, 2.05) is 32.0 Å². The number of hydrogen-bond donors (Lipinski definition) is 2. The van der Waals surface area contributed by atoms with Crippen molar-refractivity contribution in [2.45, 2.75) is 45.6 Å². The minimum absolute atomic E-state index is 0. The molecule has 1 aliphatic rings. The molecule has 3 rings (SSSR count). The van der Waals surface area contributed by atoms with Crippen molar-refractivity contribution in [3.63, 3.8) is 0 Å². The largest absolute Gasteiger partial charge is 0.494 e. The quantitative estimate of drug-likeness (QED) is 0.577. The van der Waals surface area contributed by atoms with E-state index in [9.17, 15) is 13.6 Å². The van der Waals surface area contributed by atoms with E-state index in [0.29, 0.717) is 19.8 Å². The Bertz CT molecular complexity index is 930. The molecule has 0 unspecified atom stereocenters. The van der Waals surface area contributed by atoms with Gasteiger partial charge in [0.2, 0.25) is 5.91 Å². The van der Waals surface area contributed by atoms with Crippen LogP contribution in [-0.4, -0.2) is 32.3 Å². The first-order valence-corrected chi connectivity index (χ1v) is 10.6. The van der Waals surface area contributed by atoms with E-state index in [1.54, 1.807) is 13.8 Å². The van der Waals surface area contributed by atoms with Crippen LogP contribution < -0.4 is 15.4 Å². The summed E-state index contributed by atoms with van der Waals surface area (Å²) in [6.07, 6.45) is 0.771. The number of nitrogens with one attached hydrogen (secondary N) is 2. The van der Waals surface area contributed by atoms with Gasteiger partial charge in [0.25, 0.3) is 0 Å². The van der Waals surface area contributed by atoms with Gasteiger partial charge < -0.3 is 20.1 Å². The Labute approximate surface area is 194 Å². The fourth-order valence-corrected chi connectivity index (χ4v) is 3.97. The summed E-state index contributed by atoms with van der Waals surface area (Å²) >= 11 is 0. The van der Waals surface area contributed by atoms with Crippen molar-refractivity contribution in [1.82, 2.24) is 5.32 Å². The van der Waals surface area contributed by atoms with E-state index in [-0.39, 0.29) is 36.2 Å². The van der Waals surface area contributed by atoms with Crippen LogP contribution in [0.15, 0.2) is 30.3 Å². The third kappa shape index (κ3) is 5.77. The summed E-state index contributed by atoms with van der Waals surface area (Å²) < 4.78 is 40.5. The third-order valence-corrected chi connectivity index (χ3v) is 5.39. The molecule has 2 aromatic carbocycles. The fraction of sp³-hybridized carbons (Fsp3) is 0.458. The molecule has 32 heavy (non-hydrogen) atoms. The van der Waals surface area contributed by atoms with Gasteiger partial charge in [0.15, 0.2) is 0 Å². The zero-order valence-electron chi connectivity index (χ0n) is 18.9. The Morgan fingerprint density at radius 3 is 2.47 bits per heavy atom. The van der Waals surface area contributed by atoms with Gasteiger partial charge in [-0.1, -0.05) is 19.9 Å². The lowest BCUT2D eigenvalue weighted by atomic mass is 9.84. The average Bonchev–Trinajstić information content (AvgIpc) is 2.71. The Morgan fingerprint density at radius 2 is 1.84 bits per heavy atom. The van der Waals surface area contributed by atoms with E-state index in [1.165, 1.54) is 0 Å². The molecule has 1 aliphatic heterocycles. The lowest BCUT2D eigenvalue weighted by Crippen LogP contribution is -2.38. The molecule has 5 nitrogen and oxygen atoms in total. The molecule has 0 aromatic heterocycles. The minimum atomic E-state index is -0.838. The normalized spacial score (nSPS) is 15.5. The van der Waals surface area contributed by atoms with E-state index < -0.39 is 23.1 Å². The SMILES string of the molecule is CCOCC(C)(C)c1c(F)cc(NC(=O)[C@@H]2NCCc3cc(OCC)ccc32)cc1F.Cl. The predicted octanol–water partition coefficient (Wildman–Crippen LogP) is 4.92. The molecule has 2 N–H and O–H groups in total. The van der Waals surface area contributed by atoms with Crippen LogP contribution in [0.3, 0.4) is 0 Å². The van der Waals surface area contributed by atoms with E-state index in [4.69, 9.17) is 9.47 Å². The number of carbonyl (C=O) groups excluding carboxylic acids is 1. The molecular formula is C24H31ClF2N2O3. The molecule has 0 saturated heterocycles. The monoisotopic (exact) mass is 468 g/mol. The number of halogens is 3. The molecule has 8 heteroatoms. The lowest BCUT2D eigenvalue weighted by molar-refractivity contribution is -0.118. The Morgan fingerprint density at radius 1 is 1.16 bits per heavy atom. The number of ether oxygens (including phenoxy) is 2. The second-order valence-electron chi connectivity index (χ2n) is 8.26. The van der Waals surface area contributed by atoms with Crippen molar-refractivity contribution in [2.75, 3.05) is 31.7 Å². The third-order valence-electron chi connectivity index (χ3n) is 5.39. The van der Waals surface area contributed by atoms with Gasteiger partial charge in [-0.15, -0.1) is 12.4 Å². The maximum atomic E-state index is 14.8. The Hall–Kier alpha value is -2.22. The van der Waals surface area contributed by atoms with Crippen LogP contribution in [-0.2, 0) is 21.4 Å². The number of hydrogen-bond acceptors (Lipinski definition) is 4. The van der Waals surface area contributed by atoms with E-state index in [0.717, 1.165) is 35.4 Å². The predicted molar refractivity (Wildman–Crippen MR) is 124 cm³/mol. The first-order valence-electron chi connectivity index (χ1n) is 10.6. The van der Waals surface area contributed by atoms with Gasteiger partial charge in [0.1, 0.15) is 23.4 Å². The first kappa shape index (κ1) is 26.0. The van der Waals surface area contributed by atoms with Gasteiger partial charge >= 0.3 is 0 Å². The van der Waals surface area contributed by atoms with Crippen LogP contribution in [0, 0.1) is 11.6 Å². The minimum Gasteiger partial charge on any atom is -0.494 e. The van der Waals surface area contributed by atoms with Gasteiger partial charge in [-0.3, -0.25) is 4.79 Å². The molecular weight excluding hydrogens is 438 g/mol. The number of benzene rings is 2. The van der Waals surface area contributed by atoms with Crippen molar-refractivity contribution in [3.8, 4) is 5.75 Å². The summed E-state index contributed by atoms with van der Waals surface area (Å²) in [5.41, 5.74) is 1.05. The van der Waals surface area contributed by atoms with Crippen molar-refractivity contribution in [3.05, 3.63) is 58.7 Å². The van der Waals surface area contributed by atoms with Crippen LogP contribution in [0.25, 0.3) is 0 Å². The molecule has 0 saturated carbocycles. The maximum absolute atomic E-state index is 14.8. The number of amides is 1. The second kappa shape index (κ2) is 11.1. The van der Waals surface area contributed by atoms with Crippen LogP contribution in [0.1, 0.15) is 50.4 Å². The van der Waals surface area contributed by atoms with Gasteiger partial charge in [-0.2, -0.15) is 0 Å². The second-order valence-corrected chi connectivity index (χ2v) is 8.26. The maximum Gasteiger partial charge on any atom is 0.246 e. The average molecular weight is 469 g/mol. The van der Waals surface area contributed by atoms with Crippen molar-refractivity contribution < 1.29 is 23.0 Å². The highest BCUT2D eigenvalue weighted by atomic mass is 35.5. The zero-order chi connectivity index (χ0) is 22.6. The number of carbonyl (C=O) groups is 1. The Kier molecular flexibility index (Phi) is 9.01. The van der Waals surface area contributed by atoms with Crippen LogP contribution in [0.5, 0.6) is 5.75 Å². The highest BCUT2D eigenvalue weighted by Crippen LogP contribution is 2.32. The molecule has 0 fully saturated rings. The number of rotatable bonds is 8. The first-order chi connectivity index (χ1) is 14.8. The summed E-state index contributed by atoms with van der Waals surface area (Å²) in [5, 5.41) is 5.83. The van der Waals surface area contributed by atoms with Crippen molar-refractivity contribution in [1.29, 1.82) is 0 Å². The molecule has 2 aromatic rings. The fourth-order valence-electron chi connectivity index (χ4n) is 3.97. The molecule has 1 atom stereocenters. The van der Waals surface area contributed by atoms with Gasteiger partial charge in [0.05, 0.1) is 13.2 Å². The van der Waals surface area contributed by atoms with Crippen molar-refractivity contribution in [2.24, 2.45) is 0 Å². The number of fused-ring (bicyclic) bond motifs is 1. The van der Waals surface area contributed by atoms with Crippen LogP contribution >= 0.6 is 12.4 Å². The highest BCUT2D eigenvalue weighted by molar-refractivity contribution is 5.96. The summed E-state index contributed by atoms with van der Waals surface area (Å²) in [4.78, 5) is 12.9. The molecule has 1 heterocycles. The van der Waals surface area contributed by atoms with Gasteiger partial charge in [-0.05, 0) is 55.7 Å². The smallest absolute Gasteiger partial charge is 0.246 e. The van der Waals surface area contributed by atoms with Gasteiger partial charge in [-0.25, -0.2) is 8.78 Å². The molecule has 0 bridgehead atoms. The number of anilines is 1. The van der Waals surface area contributed by atoms with Crippen LogP contribution in [0.2, 0.25) is 0 Å². The lowest BCUT2D eigenvalue weighted by Gasteiger charge is -2.28.